The summed E-state index contributed by atoms with van der Waals surface area (Å²) in [4.78, 5) is 2.38. The fourth-order valence-corrected chi connectivity index (χ4v) is 7.92. The maximum absolute atomic E-state index is 6.57. The fraction of sp³-hybridized carbons (Fsp3) is 0. The van der Waals surface area contributed by atoms with E-state index in [1.165, 1.54) is 33.4 Å². The molecule has 9 aromatic carbocycles. The summed E-state index contributed by atoms with van der Waals surface area (Å²) in [5.74, 6) is 0. The van der Waals surface area contributed by atoms with Crippen LogP contribution in [0.4, 0.5) is 17.1 Å². The third kappa shape index (κ3) is 6.24. The summed E-state index contributed by atoms with van der Waals surface area (Å²) < 4.78 is 6.57. The average molecular weight is 716 g/mol. The number of para-hydroxylation sites is 2. The smallest absolute Gasteiger partial charge is 0.143 e. The topological polar surface area (TPSA) is 16.4 Å². The Labute approximate surface area is 327 Å². The number of nitrogens with zero attached hydrogens (tertiary/aromatic N) is 1. The van der Waals surface area contributed by atoms with Crippen molar-refractivity contribution in [1.82, 2.24) is 0 Å². The predicted octanol–water partition coefficient (Wildman–Crippen LogP) is 15.4. The SMILES string of the molecule is c1ccc(-c2cccc(N(c3ccc(-c4cccc(-c5cccc6c5oc5ccc(-c7ccccc7)cc56)c4)cc3)c3ccccc3-c3ccccc3)c2)cc1. The highest BCUT2D eigenvalue weighted by atomic mass is 16.3. The Hall–Kier alpha value is -7.42. The van der Waals surface area contributed by atoms with Crippen molar-refractivity contribution < 1.29 is 4.42 Å². The average Bonchev–Trinajstić information content (AvgIpc) is 3.66. The van der Waals surface area contributed by atoms with Gasteiger partial charge in [-0.1, -0.05) is 176 Å². The molecule has 0 unspecified atom stereocenters. The molecule has 10 rings (SSSR count). The summed E-state index contributed by atoms with van der Waals surface area (Å²) in [5, 5.41) is 2.25. The molecule has 56 heavy (non-hydrogen) atoms. The summed E-state index contributed by atoms with van der Waals surface area (Å²) in [6, 6.07) is 79.9. The summed E-state index contributed by atoms with van der Waals surface area (Å²) in [6.45, 7) is 0. The van der Waals surface area contributed by atoms with Crippen LogP contribution in [0.3, 0.4) is 0 Å². The maximum Gasteiger partial charge on any atom is 0.143 e. The van der Waals surface area contributed by atoms with Gasteiger partial charge in [0.25, 0.3) is 0 Å². The monoisotopic (exact) mass is 715 g/mol. The van der Waals surface area contributed by atoms with Crippen molar-refractivity contribution in [3.05, 3.63) is 224 Å². The van der Waals surface area contributed by atoms with E-state index in [0.717, 1.165) is 61.3 Å². The number of fused-ring (bicyclic) bond motifs is 3. The molecule has 0 N–H and O–H groups in total. The Bertz CT molecular complexity index is 2950. The van der Waals surface area contributed by atoms with Crippen LogP contribution in [0.5, 0.6) is 0 Å². The second-order valence-corrected chi connectivity index (χ2v) is 14.1. The van der Waals surface area contributed by atoms with Gasteiger partial charge in [0.15, 0.2) is 0 Å². The summed E-state index contributed by atoms with van der Waals surface area (Å²) in [5.41, 5.74) is 16.7. The number of hydrogen-bond donors (Lipinski definition) is 0. The Morgan fingerprint density at radius 3 is 1.54 bits per heavy atom. The van der Waals surface area contributed by atoms with Gasteiger partial charge in [0.1, 0.15) is 11.2 Å². The number of rotatable bonds is 8. The van der Waals surface area contributed by atoms with E-state index in [-0.39, 0.29) is 0 Å². The van der Waals surface area contributed by atoms with Gasteiger partial charge < -0.3 is 9.32 Å². The van der Waals surface area contributed by atoms with Crippen LogP contribution in [0.15, 0.2) is 229 Å². The first-order valence-electron chi connectivity index (χ1n) is 19.1. The molecular weight excluding hydrogens is 679 g/mol. The summed E-state index contributed by atoms with van der Waals surface area (Å²) in [7, 11) is 0. The Morgan fingerprint density at radius 2 is 0.804 bits per heavy atom. The first-order chi connectivity index (χ1) is 27.8. The van der Waals surface area contributed by atoms with Crippen molar-refractivity contribution >= 4 is 39.0 Å². The van der Waals surface area contributed by atoms with Crippen molar-refractivity contribution in [3.8, 4) is 55.6 Å². The molecule has 264 valence electrons. The number of benzene rings is 9. The zero-order chi connectivity index (χ0) is 37.3. The van der Waals surface area contributed by atoms with E-state index in [0.29, 0.717) is 0 Å². The van der Waals surface area contributed by atoms with Gasteiger partial charge in [0.05, 0.1) is 5.69 Å². The molecule has 0 saturated heterocycles. The Morgan fingerprint density at radius 1 is 0.286 bits per heavy atom. The number of hydrogen-bond acceptors (Lipinski definition) is 2. The normalized spacial score (nSPS) is 11.2. The van der Waals surface area contributed by atoms with E-state index >= 15 is 0 Å². The molecule has 10 aromatic rings. The second kappa shape index (κ2) is 14.4. The van der Waals surface area contributed by atoms with Crippen LogP contribution in [-0.2, 0) is 0 Å². The van der Waals surface area contributed by atoms with E-state index in [2.05, 4.69) is 229 Å². The zero-order valence-corrected chi connectivity index (χ0v) is 30.7. The molecule has 0 saturated carbocycles. The van der Waals surface area contributed by atoms with Crippen molar-refractivity contribution in [2.75, 3.05) is 4.90 Å². The van der Waals surface area contributed by atoms with E-state index in [1.807, 2.05) is 0 Å². The second-order valence-electron chi connectivity index (χ2n) is 14.1. The zero-order valence-electron chi connectivity index (χ0n) is 30.7. The van der Waals surface area contributed by atoms with E-state index in [4.69, 9.17) is 4.42 Å². The highest BCUT2D eigenvalue weighted by Crippen LogP contribution is 2.43. The van der Waals surface area contributed by atoms with Crippen molar-refractivity contribution in [2.45, 2.75) is 0 Å². The highest BCUT2D eigenvalue weighted by Gasteiger charge is 2.19. The van der Waals surface area contributed by atoms with Gasteiger partial charge in [-0.15, -0.1) is 0 Å². The van der Waals surface area contributed by atoms with E-state index in [1.54, 1.807) is 0 Å². The van der Waals surface area contributed by atoms with Crippen LogP contribution in [0.1, 0.15) is 0 Å². The lowest BCUT2D eigenvalue weighted by Crippen LogP contribution is -2.11. The highest BCUT2D eigenvalue weighted by molar-refractivity contribution is 6.10. The first-order valence-corrected chi connectivity index (χ1v) is 19.1. The number of anilines is 3. The van der Waals surface area contributed by atoms with Crippen LogP contribution >= 0.6 is 0 Å². The minimum absolute atomic E-state index is 0.895. The molecule has 0 aliphatic heterocycles. The summed E-state index contributed by atoms with van der Waals surface area (Å²) in [6.07, 6.45) is 0. The summed E-state index contributed by atoms with van der Waals surface area (Å²) >= 11 is 0. The minimum atomic E-state index is 0.895. The van der Waals surface area contributed by atoms with Crippen molar-refractivity contribution in [2.24, 2.45) is 0 Å². The lowest BCUT2D eigenvalue weighted by molar-refractivity contribution is 0.670. The van der Waals surface area contributed by atoms with Crippen LogP contribution in [0.25, 0.3) is 77.6 Å². The van der Waals surface area contributed by atoms with Gasteiger partial charge in [0.2, 0.25) is 0 Å². The van der Waals surface area contributed by atoms with E-state index in [9.17, 15) is 0 Å². The fourth-order valence-electron chi connectivity index (χ4n) is 7.92. The molecule has 0 atom stereocenters. The van der Waals surface area contributed by atoms with E-state index < -0.39 is 0 Å². The van der Waals surface area contributed by atoms with Crippen molar-refractivity contribution in [1.29, 1.82) is 0 Å². The molecule has 2 heteroatoms. The van der Waals surface area contributed by atoms with Gasteiger partial charge >= 0.3 is 0 Å². The molecular formula is C54H37NO. The lowest BCUT2D eigenvalue weighted by atomic mass is 9.97. The molecule has 0 spiro atoms. The van der Waals surface area contributed by atoms with Crippen LogP contribution < -0.4 is 4.90 Å². The molecule has 0 aliphatic rings. The largest absolute Gasteiger partial charge is 0.455 e. The lowest BCUT2D eigenvalue weighted by Gasteiger charge is -2.28. The molecule has 0 radical (unpaired) electrons. The standard InChI is InChI=1S/C54H37NO/c1-4-15-38(16-5-1)43-22-13-24-47(36-43)55(52-28-11-10-25-48(52)41-19-8-3-9-20-41)46-32-29-40(30-33-46)42-21-12-23-45(35-42)49-26-14-27-50-51-37-44(39-17-6-2-7-18-39)31-34-53(51)56-54(49)50/h1-37H. The first kappa shape index (κ1) is 33.2. The third-order valence-electron chi connectivity index (χ3n) is 10.7. The number of furan rings is 1. The molecule has 0 fully saturated rings. The quantitative estimate of drug-likeness (QED) is 0.156. The Balaban J connectivity index is 1.04. The molecule has 1 heterocycles. The third-order valence-corrected chi connectivity index (χ3v) is 10.7. The van der Waals surface area contributed by atoms with Gasteiger partial charge in [-0.3, -0.25) is 0 Å². The minimum Gasteiger partial charge on any atom is -0.455 e. The van der Waals surface area contributed by atoms with Gasteiger partial charge in [-0.25, -0.2) is 0 Å². The van der Waals surface area contributed by atoms with Crippen LogP contribution in [-0.4, -0.2) is 0 Å². The van der Waals surface area contributed by atoms with Gasteiger partial charge in [-0.05, 0) is 93.0 Å². The molecule has 1 aromatic heterocycles. The molecule has 0 aliphatic carbocycles. The maximum atomic E-state index is 6.57. The van der Waals surface area contributed by atoms with Crippen molar-refractivity contribution in [3.63, 3.8) is 0 Å². The predicted molar refractivity (Wildman–Crippen MR) is 236 cm³/mol. The van der Waals surface area contributed by atoms with Crippen LogP contribution in [0, 0.1) is 0 Å². The molecule has 0 amide bonds. The van der Waals surface area contributed by atoms with Crippen LogP contribution in [0.2, 0.25) is 0 Å². The Kier molecular flexibility index (Phi) is 8.55. The molecule has 0 bridgehead atoms. The molecule has 2 nitrogen and oxygen atoms in total. The van der Waals surface area contributed by atoms with Gasteiger partial charge in [0, 0.05) is 33.3 Å². The van der Waals surface area contributed by atoms with Gasteiger partial charge in [-0.2, -0.15) is 0 Å².